The van der Waals surface area contributed by atoms with Crippen LogP contribution < -0.4 is 5.32 Å². The molecule has 3 heterocycles. The van der Waals surface area contributed by atoms with E-state index in [4.69, 9.17) is 0 Å². The number of aliphatic hydroxyl groups is 2. The monoisotopic (exact) mass is 400 g/mol. The number of hydrogen-bond acceptors (Lipinski definition) is 5. The molecule has 1 saturated heterocycles. The molecule has 0 saturated carbocycles. The predicted octanol–water partition coefficient (Wildman–Crippen LogP) is 3.43. The molecule has 4 rings (SSSR count). The lowest BCUT2D eigenvalue weighted by molar-refractivity contribution is -0.116. The first-order valence-corrected chi connectivity index (χ1v) is 11.0. The van der Waals surface area contributed by atoms with Gasteiger partial charge in [0.05, 0.1) is 6.10 Å². The molecule has 0 bridgehead atoms. The van der Waals surface area contributed by atoms with Crippen molar-refractivity contribution in [3.8, 4) is 0 Å². The lowest BCUT2D eigenvalue weighted by atomic mass is 9.87. The van der Waals surface area contributed by atoms with Gasteiger partial charge in [0.1, 0.15) is 5.60 Å². The van der Waals surface area contributed by atoms with Crippen LogP contribution in [-0.2, 0) is 16.8 Å². The first-order valence-electron chi connectivity index (χ1n) is 10.1. The Bertz CT molecular complexity index is 828. The summed E-state index contributed by atoms with van der Waals surface area (Å²) >= 11 is 1.61. The van der Waals surface area contributed by atoms with E-state index in [-0.39, 0.29) is 11.9 Å². The number of anilines is 1. The lowest BCUT2D eigenvalue weighted by Crippen LogP contribution is -2.48. The Hall–Kier alpha value is -1.73. The van der Waals surface area contributed by atoms with Gasteiger partial charge in [0.2, 0.25) is 5.91 Å². The molecular weight excluding hydrogens is 372 g/mol. The van der Waals surface area contributed by atoms with E-state index in [1.165, 1.54) is 0 Å². The van der Waals surface area contributed by atoms with Crippen molar-refractivity contribution in [1.82, 2.24) is 4.90 Å². The fourth-order valence-electron chi connectivity index (χ4n) is 4.51. The first kappa shape index (κ1) is 19.6. The number of piperidine rings is 1. The van der Waals surface area contributed by atoms with E-state index in [1.807, 2.05) is 35.7 Å². The van der Waals surface area contributed by atoms with Crippen LogP contribution in [0.15, 0.2) is 35.7 Å². The Morgan fingerprint density at radius 3 is 2.71 bits per heavy atom. The zero-order chi connectivity index (χ0) is 19.7. The van der Waals surface area contributed by atoms with E-state index in [9.17, 15) is 15.0 Å². The number of likely N-dealkylation sites (tertiary alicyclic amines) is 1. The van der Waals surface area contributed by atoms with E-state index in [0.29, 0.717) is 19.3 Å². The van der Waals surface area contributed by atoms with Crippen LogP contribution in [0.5, 0.6) is 0 Å². The molecule has 1 aromatic carbocycles. The number of aliphatic hydroxyl groups excluding tert-OH is 1. The number of aryl methyl sites for hydroxylation is 1. The van der Waals surface area contributed by atoms with Crippen LogP contribution in [0.4, 0.5) is 5.69 Å². The highest BCUT2D eigenvalue weighted by molar-refractivity contribution is 7.10. The van der Waals surface area contributed by atoms with Crippen LogP contribution in [0.3, 0.4) is 0 Å². The second-order valence-electron chi connectivity index (χ2n) is 7.93. The maximum absolute atomic E-state index is 11.6. The van der Waals surface area contributed by atoms with E-state index in [2.05, 4.69) is 17.1 Å². The van der Waals surface area contributed by atoms with Gasteiger partial charge in [0.15, 0.2) is 0 Å². The van der Waals surface area contributed by atoms with Gasteiger partial charge >= 0.3 is 0 Å². The quantitative estimate of drug-likeness (QED) is 0.719. The molecule has 0 radical (unpaired) electrons. The maximum Gasteiger partial charge on any atom is 0.224 e. The highest BCUT2D eigenvalue weighted by Gasteiger charge is 2.38. The zero-order valence-electron chi connectivity index (χ0n) is 16.2. The fourth-order valence-corrected chi connectivity index (χ4v) is 5.39. The van der Waals surface area contributed by atoms with Crippen molar-refractivity contribution in [2.75, 3.05) is 18.4 Å². The Morgan fingerprint density at radius 2 is 2.04 bits per heavy atom. The van der Waals surface area contributed by atoms with Gasteiger partial charge in [-0.05, 0) is 54.3 Å². The number of hydrogen-bond donors (Lipinski definition) is 3. The molecule has 1 aromatic heterocycles. The number of carbonyl (C=O) groups excluding carboxylic acids is 1. The van der Waals surface area contributed by atoms with Crippen molar-refractivity contribution in [3.05, 3.63) is 51.7 Å². The second-order valence-corrected chi connectivity index (χ2v) is 8.88. The normalized spacial score (nSPS) is 21.6. The Kier molecular flexibility index (Phi) is 5.56. The van der Waals surface area contributed by atoms with E-state index < -0.39 is 11.7 Å². The molecule has 5 nitrogen and oxygen atoms in total. The maximum atomic E-state index is 11.6. The topological polar surface area (TPSA) is 72.8 Å². The molecule has 0 spiro atoms. The minimum atomic E-state index is -0.738. The Labute approximate surface area is 170 Å². The molecule has 2 aliphatic rings. The number of rotatable bonds is 5. The average Bonchev–Trinajstić information content (AvgIpc) is 3.25. The number of fused-ring (bicyclic) bond motifs is 1. The van der Waals surface area contributed by atoms with Gasteiger partial charge in [-0.15, -0.1) is 11.3 Å². The number of carbonyl (C=O) groups is 1. The minimum Gasteiger partial charge on any atom is -0.387 e. The van der Waals surface area contributed by atoms with Crippen molar-refractivity contribution in [2.24, 2.45) is 0 Å². The number of benzene rings is 1. The smallest absolute Gasteiger partial charge is 0.224 e. The van der Waals surface area contributed by atoms with Crippen LogP contribution in [0.1, 0.15) is 54.7 Å². The van der Waals surface area contributed by atoms with Gasteiger partial charge in [-0.3, -0.25) is 9.69 Å². The third-order valence-corrected chi connectivity index (χ3v) is 7.29. The summed E-state index contributed by atoms with van der Waals surface area (Å²) < 4.78 is 0. The van der Waals surface area contributed by atoms with Crippen LogP contribution in [0.2, 0.25) is 0 Å². The van der Waals surface area contributed by atoms with Gasteiger partial charge in [-0.2, -0.15) is 0 Å². The Balaban J connectivity index is 1.46. The van der Waals surface area contributed by atoms with Crippen LogP contribution in [0.25, 0.3) is 0 Å². The SMILES string of the molecule is CCC(C(O)c1ccc2c(c1)CCC(=O)N2)N1CCC(O)(c2cccs2)CC1. The van der Waals surface area contributed by atoms with Gasteiger partial charge < -0.3 is 15.5 Å². The van der Waals surface area contributed by atoms with Gasteiger partial charge in [-0.25, -0.2) is 0 Å². The zero-order valence-corrected chi connectivity index (χ0v) is 17.0. The Morgan fingerprint density at radius 1 is 1.25 bits per heavy atom. The van der Waals surface area contributed by atoms with Crippen molar-refractivity contribution in [1.29, 1.82) is 0 Å². The molecule has 0 aliphatic carbocycles. The molecule has 2 atom stereocenters. The van der Waals surface area contributed by atoms with Crippen LogP contribution in [0, 0.1) is 0 Å². The summed E-state index contributed by atoms with van der Waals surface area (Å²) in [6, 6.07) is 9.88. The summed E-state index contributed by atoms with van der Waals surface area (Å²) in [5, 5.41) is 27.0. The lowest BCUT2D eigenvalue weighted by Gasteiger charge is -2.42. The molecule has 1 amide bonds. The number of nitrogens with zero attached hydrogens (tertiary/aromatic N) is 1. The van der Waals surface area contributed by atoms with Gasteiger partial charge in [0.25, 0.3) is 0 Å². The predicted molar refractivity (Wildman–Crippen MR) is 111 cm³/mol. The summed E-state index contributed by atoms with van der Waals surface area (Å²) in [5.74, 6) is 0.0544. The largest absolute Gasteiger partial charge is 0.387 e. The molecule has 28 heavy (non-hydrogen) atoms. The summed E-state index contributed by atoms with van der Waals surface area (Å²) in [6.07, 6.45) is 2.85. The van der Waals surface area contributed by atoms with E-state index in [0.717, 1.165) is 47.6 Å². The van der Waals surface area contributed by atoms with Crippen molar-refractivity contribution < 1.29 is 15.0 Å². The van der Waals surface area contributed by atoms with E-state index in [1.54, 1.807) is 11.3 Å². The first-order chi connectivity index (χ1) is 13.5. The highest BCUT2D eigenvalue weighted by Crippen LogP contribution is 2.38. The molecule has 6 heteroatoms. The van der Waals surface area contributed by atoms with Crippen molar-refractivity contribution in [3.63, 3.8) is 0 Å². The number of nitrogens with one attached hydrogen (secondary N) is 1. The molecule has 1 fully saturated rings. The summed E-state index contributed by atoms with van der Waals surface area (Å²) in [6.45, 7) is 3.64. The molecule has 2 aromatic rings. The number of amides is 1. The third-order valence-electron chi connectivity index (χ3n) is 6.22. The molecule has 2 unspecified atom stereocenters. The fraction of sp³-hybridized carbons (Fsp3) is 0.500. The van der Waals surface area contributed by atoms with Gasteiger partial charge in [-0.1, -0.05) is 25.1 Å². The molecule has 2 aliphatic heterocycles. The second kappa shape index (κ2) is 7.95. The van der Waals surface area contributed by atoms with E-state index >= 15 is 0 Å². The van der Waals surface area contributed by atoms with Crippen molar-refractivity contribution >= 4 is 22.9 Å². The number of thiophene rings is 1. The molecule has 150 valence electrons. The van der Waals surface area contributed by atoms with Crippen molar-refractivity contribution in [2.45, 2.75) is 56.8 Å². The summed E-state index contributed by atoms with van der Waals surface area (Å²) in [7, 11) is 0. The molecular formula is C22H28N2O3S. The third kappa shape index (κ3) is 3.74. The van der Waals surface area contributed by atoms with Crippen LogP contribution in [-0.4, -0.2) is 40.2 Å². The average molecular weight is 401 g/mol. The highest BCUT2D eigenvalue weighted by atomic mass is 32.1. The molecule has 3 N–H and O–H groups in total. The summed E-state index contributed by atoms with van der Waals surface area (Å²) in [4.78, 5) is 14.9. The van der Waals surface area contributed by atoms with Gasteiger partial charge in [0, 0.05) is 36.1 Å². The standard InChI is InChI=1S/C22H28N2O3S/c1-2-18(24-11-9-22(27,10-12-24)19-4-3-13-28-19)21(26)16-5-7-17-15(14-16)6-8-20(25)23-17/h3-5,7,13-14,18,21,26-27H,2,6,8-12H2,1H3,(H,23,25). The minimum absolute atomic E-state index is 0.0177. The summed E-state index contributed by atoms with van der Waals surface area (Å²) in [5.41, 5.74) is 2.12. The van der Waals surface area contributed by atoms with Crippen LogP contribution >= 0.6 is 11.3 Å².